The van der Waals surface area contributed by atoms with Gasteiger partial charge in [0.2, 0.25) is 5.91 Å². The number of carbonyl (C=O) groups is 2. The lowest BCUT2D eigenvalue weighted by Crippen LogP contribution is -2.56. The van der Waals surface area contributed by atoms with E-state index in [1.807, 2.05) is 0 Å². The maximum Gasteiger partial charge on any atom is 0.256 e. The first kappa shape index (κ1) is 19.9. The van der Waals surface area contributed by atoms with Gasteiger partial charge in [-0.15, -0.1) is 0 Å². The van der Waals surface area contributed by atoms with Gasteiger partial charge in [0.25, 0.3) is 5.91 Å². The smallest absolute Gasteiger partial charge is 0.256 e. The number of fused-ring (bicyclic) bond motifs is 1. The van der Waals surface area contributed by atoms with Crippen molar-refractivity contribution in [3.05, 3.63) is 47.2 Å². The van der Waals surface area contributed by atoms with Crippen molar-refractivity contribution in [2.24, 2.45) is 7.05 Å². The number of nitrogens with zero attached hydrogens (tertiary/aromatic N) is 2. The van der Waals surface area contributed by atoms with Gasteiger partial charge < -0.3 is 24.9 Å². The lowest BCUT2D eigenvalue weighted by molar-refractivity contribution is -0.125. The minimum Gasteiger partial charge on any atom is -0.487 e. The Morgan fingerprint density at radius 2 is 2.30 bits per heavy atom. The highest BCUT2D eigenvalue weighted by Crippen LogP contribution is 2.30. The van der Waals surface area contributed by atoms with Crippen LogP contribution in [0.3, 0.4) is 0 Å². The zero-order valence-corrected chi connectivity index (χ0v) is 16.5. The van der Waals surface area contributed by atoms with Gasteiger partial charge in [-0.05, 0) is 31.5 Å². The second-order valence-electron chi connectivity index (χ2n) is 7.24. The highest BCUT2D eigenvalue weighted by atomic mass is 19.1. The van der Waals surface area contributed by atoms with Crippen LogP contribution in [0, 0.1) is 12.7 Å². The van der Waals surface area contributed by atoms with E-state index in [1.165, 1.54) is 4.68 Å². The molecule has 2 amide bonds. The quantitative estimate of drug-likeness (QED) is 0.555. The predicted octanol–water partition coefficient (Wildman–Crippen LogP) is 1.17. The van der Waals surface area contributed by atoms with Gasteiger partial charge in [0.1, 0.15) is 34.9 Å². The van der Waals surface area contributed by atoms with Crippen molar-refractivity contribution in [1.82, 2.24) is 20.4 Å². The normalized spacial score (nSPS) is 18.6. The molecule has 0 bridgehead atoms. The summed E-state index contributed by atoms with van der Waals surface area (Å²) in [6, 6.07) is 4.92. The van der Waals surface area contributed by atoms with Crippen LogP contribution in [0.25, 0.3) is 11.0 Å². The second-order valence-corrected chi connectivity index (χ2v) is 7.24. The molecule has 2 aromatic heterocycles. The summed E-state index contributed by atoms with van der Waals surface area (Å²) in [5.41, 5.74) is -0.368. The fraction of sp³-hybridized carbons (Fsp3) is 0.350. The van der Waals surface area contributed by atoms with Crippen LogP contribution in [0.1, 0.15) is 28.2 Å². The van der Waals surface area contributed by atoms with Gasteiger partial charge in [-0.2, -0.15) is 5.10 Å². The van der Waals surface area contributed by atoms with Crippen molar-refractivity contribution < 1.29 is 28.2 Å². The predicted molar refractivity (Wildman–Crippen MR) is 103 cm³/mol. The fourth-order valence-electron chi connectivity index (χ4n) is 3.58. The number of aryl methyl sites for hydroxylation is 2. The third-order valence-corrected chi connectivity index (χ3v) is 5.34. The number of nitrogens with one attached hydrogen (secondary N) is 2. The molecule has 3 N–H and O–H groups in total. The molecule has 0 radical (unpaired) electrons. The Hall–Kier alpha value is -3.40. The first-order valence-electron chi connectivity index (χ1n) is 9.38. The standard InChI is InChI=1S/C20H21FN4O5/c1-11-17(18(27)24-20(10-26)5-6-22-19(20)28)13-7-12(3-4-16(13)30-11)29-9-15-14(21)8-23-25(15)2/h3-4,7-8,26H,5-6,9-10H2,1-2H3,(H,22,28)(H,24,27). The maximum atomic E-state index is 13.8. The molecule has 0 saturated carbocycles. The number of aromatic nitrogens is 2. The summed E-state index contributed by atoms with van der Waals surface area (Å²) in [5.74, 6) is -0.655. The van der Waals surface area contributed by atoms with E-state index >= 15 is 0 Å². The van der Waals surface area contributed by atoms with E-state index < -0.39 is 29.8 Å². The van der Waals surface area contributed by atoms with Crippen molar-refractivity contribution in [2.45, 2.75) is 25.5 Å². The van der Waals surface area contributed by atoms with Crippen molar-refractivity contribution in [3.63, 3.8) is 0 Å². The van der Waals surface area contributed by atoms with Crippen molar-refractivity contribution in [3.8, 4) is 5.75 Å². The zero-order valence-electron chi connectivity index (χ0n) is 16.5. The third-order valence-electron chi connectivity index (χ3n) is 5.34. The molecule has 1 atom stereocenters. The molecule has 158 valence electrons. The number of hydrogen-bond donors (Lipinski definition) is 3. The Kier molecular flexibility index (Phi) is 4.94. The zero-order chi connectivity index (χ0) is 21.5. The Bertz CT molecular complexity index is 1120. The fourth-order valence-corrected chi connectivity index (χ4v) is 3.58. The van der Waals surface area contributed by atoms with E-state index in [9.17, 15) is 19.1 Å². The van der Waals surface area contributed by atoms with Crippen LogP contribution in [0.5, 0.6) is 5.75 Å². The van der Waals surface area contributed by atoms with E-state index in [-0.39, 0.29) is 24.3 Å². The molecule has 4 rings (SSSR count). The summed E-state index contributed by atoms with van der Waals surface area (Å²) in [6.07, 6.45) is 1.40. The number of rotatable bonds is 6. The molecule has 1 fully saturated rings. The van der Waals surface area contributed by atoms with E-state index in [0.29, 0.717) is 29.0 Å². The molecule has 1 aromatic carbocycles. The number of hydrogen-bond acceptors (Lipinski definition) is 6. The van der Waals surface area contributed by atoms with Crippen LogP contribution in [-0.4, -0.2) is 45.4 Å². The number of furan rings is 1. The molecule has 0 spiro atoms. The molecule has 0 aliphatic carbocycles. The van der Waals surface area contributed by atoms with E-state index in [4.69, 9.17) is 9.15 Å². The highest BCUT2D eigenvalue weighted by molar-refractivity contribution is 6.09. The summed E-state index contributed by atoms with van der Waals surface area (Å²) in [6.45, 7) is 1.46. The molecular weight excluding hydrogens is 395 g/mol. The third kappa shape index (κ3) is 3.28. The molecule has 10 heteroatoms. The Morgan fingerprint density at radius 3 is 2.93 bits per heavy atom. The van der Waals surface area contributed by atoms with Crippen molar-refractivity contribution >= 4 is 22.8 Å². The lowest BCUT2D eigenvalue weighted by atomic mass is 9.97. The monoisotopic (exact) mass is 416 g/mol. The molecule has 9 nitrogen and oxygen atoms in total. The van der Waals surface area contributed by atoms with E-state index in [1.54, 1.807) is 32.2 Å². The summed E-state index contributed by atoms with van der Waals surface area (Å²) in [7, 11) is 1.61. The SMILES string of the molecule is Cc1oc2ccc(OCc3c(F)cnn3C)cc2c1C(=O)NC1(CO)CCNC1=O. The van der Waals surface area contributed by atoms with Gasteiger partial charge in [0, 0.05) is 19.0 Å². The molecule has 1 saturated heterocycles. The topological polar surface area (TPSA) is 119 Å². The van der Waals surface area contributed by atoms with Gasteiger partial charge in [-0.25, -0.2) is 4.39 Å². The number of aliphatic hydroxyl groups excluding tert-OH is 1. The molecule has 1 unspecified atom stereocenters. The van der Waals surface area contributed by atoms with Crippen LogP contribution >= 0.6 is 0 Å². The van der Waals surface area contributed by atoms with Crippen molar-refractivity contribution in [1.29, 1.82) is 0 Å². The van der Waals surface area contributed by atoms with Gasteiger partial charge in [-0.3, -0.25) is 14.3 Å². The van der Waals surface area contributed by atoms with Crippen LogP contribution < -0.4 is 15.4 Å². The van der Waals surface area contributed by atoms with Crippen LogP contribution in [0.2, 0.25) is 0 Å². The first-order valence-corrected chi connectivity index (χ1v) is 9.38. The molecule has 1 aliphatic heterocycles. The maximum absolute atomic E-state index is 13.8. The largest absolute Gasteiger partial charge is 0.487 e. The van der Waals surface area contributed by atoms with E-state index in [0.717, 1.165) is 6.20 Å². The minimum atomic E-state index is -1.36. The van der Waals surface area contributed by atoms with Crippen molar-refractivity contribution in [2.75, 3.05) is 13.2 Å². The summed E-state index contributed by atoms with van der Waals surface area (Å²) in [5, 5.41) is 19.3. The Labute approximate surface area is 170 Å². The first-order chi connectivity index (χ1) is 14.3. The highest BCUT2D eigenvalue weighted by Gasteiger charge is 2.44. The minimum absolute atomic E-state index is 0.0417. The summed E-state index contributed by atoms with van der Waals surface area (Å²) < 4.78 is 26.5. The van der Waals surface area contributed by atoms with Gasteiger partial charge in [-0.1, -0.05) is 0 Å². The molecule has 30 heavy (non-hydrogen) atoms. The van der Waals surface area contributed by atoms with Crippen LogP contribution in [-0.2, 0) is 18.4 Å². The van der Waals surface area contributed by atoms with Gasteiger partial charge >= 0.3 is 0 Å². The number of benzene rings is 1. The molecule has 3 aromatic rings. The Balaban J connectivity index is 1.62. The second kappa shape index (κ2) is 7.45. The summed E-state index contributed by atoms with van der Waals surface area (Å²) >= 11 is 0. The summed E-state index contributed by atoms with van der Waals surface area (Å²) in [4.78, 5) is 25.1. The number of halogens is 1. The van der Waals surface area contributed by atoms with Crippen LogP contribution in [0.15, 0.2) is 28.8 Å². The number of amides is 2. The lowest BCUT2D eigenvalue weighted by Gasteiger charge is -2.24. The molecule has 3 heterocycles. The average Bonchev–Trinajstić information content (AvgIpc) is 3.35. The van der Waals surface area contributed by atoms with Gasteiger partial charge in [0.15, 0.2) is 5.82 Å². The number of ether oxygens (including phenoxy) is 1. The van der Waals surface area contributed by atoms with Gasteiger partial charge in [0.05, 0.1) is 18.4 Å². The molecule has 1 aliphatic rings. The molecular formula is C20H21FN4O5. The number of aliphatic hydroxyl groups is 1. The average molecular weight is 416 g/mol. The number of carbonyl (C=O) groups excluding carboxylic acids is 2. The van der Waals surface area contributed by atoms with Crippen LogP contribution in [0.4, 0.5) is 4.39 Å². The Morgan fingerprint density at radius 1 is 1.50 bits per heavy atom. The van der Waals surface area contributed by atoms with E-state index in [2.05, 4.69) is 15.7 Å².